The number of hydrogen-bond acceptors (Lipinski definition) is 6. The molecule has 0 radical (unpaired) electrons. The summed E-state index contributed by atoms with van der Waals surface area (Å²) in [6.45, 7) is 6.98. The van der Waals surface area contributed by atoms with E-state index in [1.54, 1.807) is 6.07 Å². The molecule has 1 aromatic rings. The van der Waals surface area contributed by atoms with Crippen molar-refractivity contribution in [2.75, 3.05) is 42.9 Å². The van der Waals surface area contributed by atoms with Gasteiger partial charge in [0.1, 0.15) is 17.3 Å². The lowest BCUT2D eigenvalue weighted by Gasteiger charge is -2.31. The molecule has 35 heavy (non-hydrogen) atoms. The molecule has 8 heteroatoms. The topological polar surface area (TPSA) is 101 Å². The van der Waals surface area contributed by atoms with Gasteiger partial charge < -0.3 is 20.4 Å². The van der Waals surface area contributed by atoms with Gasteiger partial charge in [0.2, 0.25) is 5.91 Å². The summed E-state index contributed by atoms with van der Waals surface area (Å²) >= 11 is 0. The SMILES string of the molecule is CCN1CCC(NC(=O)C(=N)c2ccc(N3CCCCCC3)nc2NC(=O)C2CCCCC2)CC1. The van der Waals surface area contributed by atoms with Gasteiger partial charge in [0, 0.05) is 43.7 Å². The molecule has 2 aliphatic heterocycles. The molecule has 3 heterocycles. The molecule has 1 aliphatic carbocycles. The third kappa shape index (κ3) is 6.81. The Morgan fingerprint density at radius 3 is 2.26 bits per heavy atom. The van der Waals surface area contributed by atoms with E-state index in [0.29, 0.717) is 11.4 Å². The average Bonchev–Trinajstić information content (AvgIpc) is 3.19. The number of nitrogens with one attached hydrogen (secondary N) is 3. The number of aromatic nitrogens is 1. The molecular formula is C27H42N6O2. The van der Waals surface area contributed by atoms with Crippen LogP contribution in [0.3, 0.4) is 0 Å². The zero-order chi connectivity index (χ0) is 24.6. The molecule has 8 nitrogen and oxygen atoms in total. The maximum atomic E-state index is 13.1. The summed E-state index contributed by atoms with van der Waals surface area (Å²) in [7, 11) is 0. The molecule has 0 unspecified atom stereocenters. The highest BCUT2D eigenvalue weighted by molar-refractivity contribution is 6.45. The van der Waals surface area contributed by atoms with Gasteiger partial charge in [-0.15, -0.1) is 0 Å². The summed E-state index contributed by atoms with van der Waals surface area (Å²) in [4.78, 5) is 35.6. The van der Waals surface area contributed by atoms with E-state index in [4.69, 9.17) is 10.4 Å². The van der Waals surface area contributed by atoms with Crippen molar-refractivity contribution in [3.63, 3.8) is 0 Å². The van der Waals surface area contributed by atoms with E-state index in [1.165, 1.54) is 19.3 Å². The number of amides is 2. The van der Waals surface area contributed by atoms with Crippen LogP contribution < -0.4 is 15.5 Å². The molecule has 1 aromatic heterocycles. The van der Waals surface area contributed by atoms with Crippen LogP contribution >= 0.6 is 0 Å². The first kappa shape index (κ1) is 25.6. The molecule has 3 aliphatic rings. The molecule has 0 aromatic carbocycles. The molecule has 192 valence electrons. The summed E-state index contributed by atoms with van der Waals surface area (Å²) in [5, 5.41) is 14.8. The third-order valence-electron chi connectivity index (χ3n) is 7.89. The van der Waals surface area contributed by atoms with Gasteiger partial charge in [0.15, 0.2) is 0 Å². The summed E-state index contributed by atoms with van der Waals surface area (Å²) in [6.07, 6.45) is 11.6. The fourth-order valence-corrected chi connectivity index (χ4v) is 5.58. The number of rotatable bonds is 7. The van der Waals surface area contributed by atoms with Crippen molar-refractivity contribution in [3.8, 4) is 0 Å². The maximum Gasteiger partial charge on any atom is 0.270 e. The highest BCUT2D eigenvalue weighted by Gasteiger charge is 2.27. The minimum absolute atomic E-state index is 0.0213. The molecule has 0 bridgehead atoms. The van der Waals surface area contributed by atoms with Crippen LogP contribution in [0.4, 0.5) is 11.6 Å². The van der Waals surface area contributed by atoms with Crippen LogP contribution in [0.25, 0.3) is 0 Å². The smallest absolute Gasteiger partial charge is 0.270 e. The summed E-state index contributed by atoms with van der Waals surface area (Å²) in [6, 6.07) is 3.78. The quantitative estimate of drug-likeness (QED) is 0.511. The molecule has 3 N–H and O–H groups in total. The van der Waals surface area contributed by atoms with Crippen LogP contribution in [0, 0.1) is 11.3 Å². The number of carbonyl (C=O) groups excluding carboxylic acids is 2. The lowest BCUT2D eigenvalue weighted by molar-refractivity contribution is -0.120. The largest absolute Gasteiger partial charge is 0.357 e. The van der Waals surface area contributed by atoms with Crippen molar-refractivity contribution >= 4 is 29.2 Å². The van der Waals surface area contributed by atoms with E-state index in [9.17, 15) is 9.59 Å². The standard InChI is InChI=1S/C27H42N6O2/c1-2-32-18-14-21(15-19-32)29-27(35)24(28)22-12-13-23(33-16-8-3-4-9-17-33)30-25(22)31-26(34)20-10-6-5-7-11-20/h12-13,20-21,28H,2-11,14-19H2,1H3,(H,29,35)(H,30,31,34). The zero-order valence-corrected chi connectivity index (χ0v) is 21.3. The molecule has 4 rings (SSSR count). The van der Waals surface area contributed by atoms with E-state index in [0.717, 1.165) is 89.9 Å². The van der Waals surface area contributed by atoms with Gasteiger partial charge in [-0.3, -0.25) is 15.0 Å². The van der Waals surface area contributed by atoms with Crippen LogP contribution in [-0.2, 0) is 9.59 Å². The third-order valence-corrected chi connectivity index (χ3v) is 7.89. The number of pyridine rings is 1. The van der Waals surface area contributed by atoms with E-state index in [1.807, 2.05) is 6.07 Å². The first-order valence-electron chi connectivity index (χ1n) is 13.7. The zero-order valence-electron chi connectivity index (χ0n) is 21.3. The molecule has 2 amide bonds. The highest BCUT2D eigenvalue weighted by atomic mass is 16.2. The first-order chi connectivity index (χ1) is 17.0. The monoisotopic (exact) mass is 482 g/mol. The van der Waals surface area contributed by atoms with Crippen molar-refractivity contribution in [3.05, 3.63) is 17.7 Å². The van der Waals surface area contributed by atoms with Crippen molar-refractivity contribution < 1.29 is 9.59 Å². The molecule has 0 atom stereocenters. The van der Waals surface area contributed by atoms with Crippen molar-refractivity contribution in [2.45, 2.75) is 83.6 Å². The van der Waals surface area contributed by atoms with Crippen molar-refractivity contribution in [1.82, 2.24) is 15.2 Å². The Kier molecular flexibility index (Phi) is 9.12. The van der Waals surface area contributed by atoms with Gasteiger partial charge in [-0.25, -0.2) is 4.98 Å². The normalized spacial score (nSPS) is 20.8. The van der Waals surface area contributed by atoms with Gasteiger partial charge in [0.25, 0.3) is 5.91 Å². The Bertz CT molecular complexity index is 882. The van der Waals surface area contributed by atoms with Crippen LogP contribution in [0.15, 0.2) is 12.1 Å². The van der Waals surface area contributed by atoms with Crippen LogP contribution in [0.2, 0.25) is 0 Å². The highest BCUT2D eigenvalue weighted by Crippen LogP contribution is 2.27. The molecular weight excluding hydrogens is 440 g/mol. The van der Waals surface area contributed by atoms with Crippen LogP contribution in [0.5, 0.6) is 0 Å². The number of anilines is 2. The van der Waals surface area contributed by atoms with Crippen LogP contribution in [0.1, 0.15) is 83.1 Å². The first-order valence-corrected chi connectivity index (χ1v) is 13.7. The predicted molar refractivity (Wildman–Crippen MR) is 140 cm³/mol. The number of piperidine rings is 1. The fraction of sp³-hybridized carbons (Fsp3) is 0.704. The Morgan fingerprint density at radius 2 is 1.60 bits per heavy atom. The lowest BCUT2D eigenvalue weighted by atomic mass is 9.88. The Balaban J connectivity index is 1.51. The second kappa shape index (κ2) is 12.5. The van der Waals surface area contributed by atoms with Crippen molar-refractivity contribution in [1.29, 1.82) is 5.41 Å². The average molecular weight is 483 g/mol. The minimum Gasteiger partial charge on any atom is -0.357 e. The van der Waals surface area contributed by atoms with Gasteiger partial charge in [-0.1, -0.05) is 39.0 Å². The number of carbonyl (C=O) groups is 2. The van der Waals surface area contributed by atoms with Crippen LogP contribution in [-0.4, -0.2) is 66.2 Å². The maximum absolute atomic E-state index is 13.1. The summed E-state index contributed by atoms with van der Waals surface area (Å²) < 4.78 is 0. The minimum atomic E-state index is -0.391. The summed E-state index contributed by atoms with van der Waals surface area (Å²) in [5.74, 6) is 0.717. The predicted octanol–water partition coefficient (Wildman–Crippen LogP) is 3.95. The summed E-state index contributed by atoms with van der Waals surface area (Å²) in [5.41, 5.74) is 0.271. The Morgan fingerprint density at radius 1 is 0.943 bits per heavy atom. The molecule has 0 spiro atoms. The van der Waals surface area contributed by atoms with Gasteiger partial charge in [0.05, 0.1) is 0 Å². The molecule has 1 saturated carbocycles. The van der Waals surface area contributed by atoms with Gasteiger partial charge in [-0.2, -0.15) is 0 Å². The fourth-order valence-electron chi connectivity index (χ4n) is 5.58. The number of hydrogen-bond donors (Lipinski definition) is 3. The molecule has 3 fully saturated rings. The van der Waals surface area contributed by atoms with Crippen molar-refractivity contribution in [2.24, 2.45) is 5.92 Å². The second-order valence-electron chi connectivity index (χ2n) is 10.3. The number of likely N-dealkylation sites (tertiary alicyclic amines) is 1. The number of nitrogens with zero attached hydrogens (tertiary/aromatic N) is 3. The van der Waals surface area contributed by atoms with E-state index in [2.05, 4.69) is 27.4 Å². The molecule has 2 saturated heterocycles. The van der Waals surface area contributed by atoms with E-state index in [-0.39, 0.29) is 23.6 Å². The Hall–Kier alpha value is -2.48. The van der Waals surface area contributed by atoms with E-state index >= 15 is 0 Å². The second-order valence-corrected chi connectivity index (χ2v) is 10.3. The van der Waals surface area contributed by atoms with E-state index < -0.39 is 5.91 Å². The lowest BCUT2D eigenvalue weighted by Crippen LogP contribution is -2.46. The Labute approximate surface area is 209 Å². The van der Waals surface area contributed by atoms with Gasteiger partial charge in [-0.05, 0) is 57.2 Å². The van der Waals surface area contributed by atoms with Gasteiger partial charge >= 0.3 is 0 Å².